The van der Waals surface area contributed by atoms with Crippen molar-refractivity contribution in [2.24, 2.45) is 11.5 Å². The highest BCUT2D eigenvalue weighted by atomic mass is 15.2. The molecular weight excluding hydrogens is 128 g/mol. The standard InChI is InChI=1S/C7H19N3/c8-4-1-2-6-10-7-3-5-9/h10H,1-9H2/i5+2. The van der Waals surface area contributed by atoms with Crippen LogP contribution in [0.15, 0.2) is 0 Å². The molecule has 0 aliphatic heterocycles. The van der Waals surface area contributed by atoms with Crippen LogP contribution in [-0.2, 0) is 0 Å². The maximum atomic E-state index is 5.32. The average molecular weight is 147 g/mol. The lowest BCUT2D eigenvalue weighted by molar-refractivity contribution is 0.611. The number of nitrogens with two attached hydrogens (primary N) is 2. The molecule has 3 nitrogen and oxygen atoms in total. The van der Waals surface area contributed by atoms with Gasteiger partial charge in [0.05, 0.1) is 0 Å². The Hall–Kier alpha value is -0.120. The van der Waals surface area contributed by atoms with Gasteiger partial charge in [0, 0.05) is 0 Å². The lowest BCUT2D eigenvalue weighted by Crippen LogP contribution is -2.19. The second-order valence-corrected chi connectivity index (χ2v) is 2.39. The molecule has 10 heavy (non-hydrogen) atoms. The number of hydrogen-bond donors (Lipinski definition) is 3. The maximum absolute atomic E-state index is 5.32. The molecule has 0 saturated carbocycles. The van der Waals surface area contributed by atoms with Gasteiger partial charge >= 0.3 is 0 Å². The molecule has 0 aromatic rings. The van der Waals surface area contributed by atoms with E-state index in [-0.39, 0.29) is 0 Å². The molecule has 0 spiro atoms. The van der Waals surface area contributed by atoms with Crippen LogP contribution in [0.5, 0.6) is 0 Å². The predicted molar refractivity (Wildman–Crippen MR) is 44.8 cm³/mol. The zero-order valence-electron chi connectivity index (χ0n) is 6.60. The van der Waals surface area contributed by atoms with Gasteiger partial charge in [-0.1, -0.05) is 0 Å². The van der Waals surface area contributed by atoms with Crippen LogP contribution in [-0.4, -0.2) is 26.2 Å². The molecule has 5 N–H and O–H groups in total. The molecule has 0 aromatic carbocycles. The molecule has 0 heterocycles. The Kier molecular flexibility index (Phi) is 8.77. The zero-order valence-corrected chi connectivity index (χ0v) is 6.60. The van der Waals surface area contributed by atoms with E-state index >= 15 is 0 Å². The Bertz CT molecular complexity index is 48.8. The summed E-state index contributed by atoms with van der Waals surface area (Å²) in [5, 5.41) is 3.29. The molecule has 0 amide bonds. The van der Waals surface area contributed by atoms with Crippen molar-refractivity contribution in [1.82, 2.24) is 5.32 Å². The molecule has 0 rings (SSSR count). The number of unbranched alkanes of at least 4 members (excludes halogenated alkanes) is 1. The van der Waals surface area contributed by atoms with Gasteiger partial charge in [0.2, 0.25) is 0 Å². The van der Waals surface area contributed by atoms with Gasteiger partial charge in [0.25, 0.3) is 0 Å². The fraction of sp³-hybridized carbons (Fsp3) is 1.00. The first-order valence-electron chi connectivity index (χ1n) is 4.02. The molecule has 0 saturated heterocycles. The van der Waals surface area contributed by atoms with Crippen LogP contribution in [0.4, 0.5) is 0 Å². The monoisotopic (exact) mass is 147 g/mol. The van der Waals surface area contributed by atoms with E-state index < -0.39 is 0 Å². The zero-order chi connectivity index (χ0) is 7.66. The highest BCUT2D eigenvalue weighted by molar-refractivity contribution is 4.49. The minimum Gasteiger partial charge on any atom is -0.330 e. The summed E-state index contributed by atoms with van der Waals surface area (Å²) < 4.78 is 0. The van der Waals surface area contributed by atoms with Crippen LogP contribution in [0.3, 0.4) is 0 Å². The van der Waals surface area contributed by atoms with Crippen molar-refractivity contribution in [3.8, 4) is 0 Å². The van der Waals surface area contributed by atoms with E-state index in [1.807, 2.05) is 0 Å². The van der Waals surface area contributed by atoms with Crippen molar-refractivity contribution in [3.63, 3.8) is 0 Å². The smallest absolute Gasteiger partial charge is 0.00369 e. The third kappa shape index (κ3) is 7.88. The predicted octanol–water partition coefficient (Wildman–Crippen LogP) is -0.336. The number of rotatable bonds is 7. The molecule has 3 heteroatoms. The summed E-state index contributed by atoms with van der Waals surface area (Å²) >= 11 is 0. The Morgan fingerprint density at radius 1 is 1.20 bits per heavy atom. The lowest BCUT2D eigenvalue weighted by atomic mass is 10.3. The molecule has 62 valence electrons. The van der Waals surface area contributed by atoms with Crippen LogP contribution in [0.1, 0.15) is 19.3 Å². The van der Waals surface area contributed by atoms with E-state index in [0.717, 1.165) is 39.0 Å². The van der Waals surface area contributed by atoms with Gasteiger partial charge in [-0.15, -0.1) is 0 Å². The summed E-state index contributed by atoms with van der Waals surface area (Å²) in [6.07, 6.45) is 3.37. The second kappa shape index (κ2) is 8.88. The Labute approximate surface area is 63.2 Å². The minimum atomic E-state index is 0.782. The molecule has 0 aromatic heterocycles. The van der Waals surface area contributed by atoms with Crippen molar-refractivity contribution in [3.05, 3.63) is 0 Å². The number of nitrogens with one attached hydrogen (secondary N) is 1. The van der Waals surface area contributed by atoms with Gasteiger partial charge in [-0.25, -0.2) is 0 Å². The summed E-state index contributed by atoms with van der Waals surface area (Å²) in [7, 11) is 0. The quantitative estimate of drug-likeness (QED) is 0.432. The van der Waals surface area contributed by atoms with E-state index in [1.165, 1.54) is 6.42 Å². The third-order valence-corrected chi connectivity index (χ3v) is 1.37. The summed E-state index contributed by atoms with van der Waals surface area (Å²) in [6, 6.07) is 0. The first-order valence-corrected chi connectivity index (χ1v) is 4.02. The largest absolute Gasteiger partial charge is 0.330 e. The van der Waals surface area contributed by atoms with E-state index in [0.29, 0.717) is 0 Å². The SMILES string of the molecule is NCCCCNCC[14CH2]N. The van der Waals surface area contributed by atoms with Crippen molar-refractivity contribution in [1.29, 1.82) is 0 Å². The lowest BCUT2D eigenvalue weighted by Gasteiger charge is -2.01. The molecule has 0 unspecified atom stereocenters. The van der Waals surface area contributed by atoms with Crippen molar-refractivity contribution >= 4 is 0 Å². The van der Waals surface area contributed by atoms with E-state index in [2.05, 4.69) is 5.32 Å². The van der Waals surface area contributed by atoms with Crippen LogP contribution >= 0.6 is 0 Å². The fourth-order valence-electron chi connectivity index (χ4n) is 0.746. The molecule has 0 fully saturated rings. The van der Waals surface area contributed by atoms with Gasteiger partial charge in [0.15, 0.2) is 0 Å². The summed E-state index contributed by atoms with van der Waals surface area (Å²) in [4.78, 5) is 0. The minimum absolute atomic E-state index is 0.782. The topological polar surface area (TPSA) is 64.1 Å². The highest BCUT2D eigenvalue weighted by Crippen LogP contribution is 1.81. The Morgan fingerprint density at radius 3 is 2.60 bits per heavy atom. The summed E-state index contributed by atoms with van der Waals surface area (Å²) in [5.74, 6) is 0. The maximum Gasteiger partial charge on any atom is -0.00369 e. The summed E-state index contributed by atoms with van der Waals surface area (Å²) in [6.45, 7) is 3.71. The molecule has 0 bridgehead atoms. The molecule has 0 aliphatic carbocycles. The molecule has 0 radical (unpaired) electrons. The van der Waals surface area contributed by atoms with Gasteiger partial charge < -0.3 is 16.8 Å². The molecular formula is C7H19N3. The van der Waals surface area contributed by atoms with Gasteiger partial charge in [-0.3, -0.25) is 0 Å². The summed E-state index contributed by atoms with van der Waals surface area (Å²) in [5.41, 5.74) is 10.6. The van der Waals surface area contributed by atoms with Gasteiger partial charge in [-0.2, -0.15) is 0 Å². The van der Waals surface area contributed by atoms with Crippen molar-refractivity contribution in [2.75, 3.05) is 26.2 Å². The van der Waals surface area contributed by atoms with E-state index in [1.54, 1.807) is 0 Å². The highest BCUT2D eigenvalue weighted by Gasteiger charge is 1.85. The Balaban J connectivity index is 2.65. The first kappa shape index (κ1) is 9.88. The first-order chi connectivity index (χ1) is 4.91. The molecule has 0 aliphatic rings. The van der Waals surface area contributed by atoms with Crippen LogP contribution in [0.25, 0.3) is 0 Å². The average Bonchev–Trinajstić information content (AvgIpc) is 1.97. The molecule has 0 atom stereocenters. The third-order valence-electron chi connectivity index (χ3n) is 1.37. The number of hydrogen-bond acceptors (Lipinski definition) is 3. The van der Waals surface area contributed by atoms with Crippen molar-refractivity contribution in [2.45, 2.75) is 19.3 Å². The van der Waals surface area contributed by atoms with E-state index in [4.69, 9.17) is 11.5 Å². The van der Waals surface area contributed by atoms with Crippen molar-refractivity contribution < 1.29 is 0 Å². The van der Waals surface area contributed by atoms with Crippen LogP contribution in [0, 0.1) is 0 Å². The normalized spacial score (nSPS) is 10.2. The second-order valence-electron chi connectivity index (χ2n) is 2.39. The Morgan fingerprint density at radius 2 is 2.00 bits per heavy atom. The van der Waals surface area contributed by atoms with Gasteiger partial charge in [-0.05, 0) is 45.4 Å². The van der Waals surface area contributed by atoms with Crippen LogP contribution in [0.2, 0.25) is 0 Å². The van der Waals surface area contributed by atoms with Crippen LogP contribution < -0.4 is 16.8 Å². The van der Waals surface area contributed by atoms with E-state index in [9.17, 15) is 0 Å². The fourth-order valence-corrected chi connectivity index (χ4v) is 0.746. The van der Waals surface area contributed by atoms with Gasteiger partial charge in [0.1, 0.15) is 0 Å².